The Kier molecular flexibility index (Phi) is 4.01. The second-order valence-corrected chi connectivity index (χ2v) is 4.34. The van der Waals surface area contributed by atoms with Crippen LogP contribution in [0.1, 0.15) is 11.8 Å². The Balaban J connectivity index is 2.48. The number of aliphatic hydroxyl groups is 1. The number of alkyl halides is 3. The van der Waals surface area contributed by atoms with Gasteiger partial charge >= 0.3 is 11.6 Å². The van der Waals surface area contributed by atoms with Crippen LogP contribution in [0.2, 0.25) is 0 Å². The first-order chi connectivity index (χ1) is 9.82. The Bertz CT molecular complexity index is 619. The number of nitrogens with zero attached hydrogens (tertiary/aromatic N) is 2. The summed E-state index contributed by atoms with van der Waals surface area (Å²) in [6.45, 7) is -1.13. The third-order valence-corrected chi connectivity index (χ3v) is 3.04. The highest BCUT2D eigenvalue weighted by molar-refractivity contribution is 5.58. The van der Waals surface area contributed by atoms with E-state index in [4.69, 9.17) is 10.8 Å². The predicted molar refractivity (Wildman–Crippen MR) is 63.9 cm³/mol. The molecule has 0 spiro atoms. The third kappa shape index (κ3) is 2.51. The van der Waals surface area contributed by atoms with Gasteiger partial charge in [0.1, 0.15) is 11.9 Å². The molecule has 116 valence electrons. The van der Waals surface area contributed by atoms with E-state index in [1.807, 2.05) is 0 Å². The second kappa shape index (κ2) is 5.45. The molecule has 0 aliphatic carbocycles. The molecule has 10 heteroatoms. The van der Waals surface area contributed by atoms with Gasteiger partial charge in [0.05, 0.1) is 12.9 Å². The summed E-state index contributed by atoms with van der Waals surface area (Å²) < 4.78 is 58.1. The number of anilines is 1. The molecule has 0 aromatic carbocycles. The molecule has 0 bridgehead atoms. The van der Waals surface area contributed by atoms with Crippen LogP contribution in [-0.4, -0.2) is 39.5 Å². The quantitative estimate of drug-likeness (QED) is 0.799. The van der Waals surface area contributed by atoms with Crippen molar-refractivity contribution in [2.45, 2.75) is 24.4 Å². The standard InChI is InChI=1S/C11H11F4N3O3/c12-2-1-5-3-18(10(20)17-8(5)16)9-7(13)11(14,15)6(4-19)21-9/h1-3,6-7,9,19H,4H2,(H2,16,17,20). The zero-order valence-corrected chi connectivity index (χ0v) is 10.4. The van der Waals surface area contributed by atoms with E-state index in [2.05, 4.69) is 9.72 Å². The van der Waals surface area contributed by atoms with Crippen LogP contribution in [0.4, 0.5) is 23.4 Å². The average molecular weight is 309 g/mol. The molecule has 2 heterocycles. The molecule has 3 atom stereocenters. The molecular weight excluding hydrogens is 298 g/mol. The molecule has 21 heavy (non-hydrogen) atoms. The van der Waals surface area contributed by atoms with Crippen LogP contribution in [-0.2, 0) is 4.74 Å². The summed E-state index contributed by atoms with van der Waals surface area (Å²) in [7, 11) is 0. The highest BCUT2D eigenvalue weighted by Crippen LogP contribution is 2.42. The molecule has 0 saturated carbocycles. The number of nitrogens with two attached hydrogens (primary N) is 1. The largest absolute Gasteiger partial charge is 0.393 e. The Hall–Kier alpha value is -1.94. The molecule has 1 saturated heterocycles. The molecule has 1 aromatic rings. The monoisotopic (exact) mass is 309 g/mol. The van der Waals surface area contributed by atoms with Gasteiger partial charge in [-0.2, -0.15) is 4.98 Å². The third-order valence-electron chi connectivity index (χ3n) is 3.04. The van der Waals surface area contributed by atoms with Gasteiger partial charge in [-0.15, -0.1) is 0 Å². The first kappa shape index (κ1) is 15.4. The highest BCUT2D eigenvalue weighted by atomic mass is 19.3. The normalized spacial score (nSPS) is 28.3. The maximum Gasteiger partial charge on any atom is 0.351 e. The summed E-state index contributed by atoms with van der Waals surface area (Å²) in [5, 5.41) is 8.78. The van der Waals surface area contributed by atoms with Gasteiger partial charge in [-0.25, -0.2) is 22.4 Å². The van der Waals surface area contributed by atoms with Crippen LogP contribution in [0.3, 0.4) is 0 Å². The summed E-state index contributed by atoms with van der Waals surface area (Å²) in [5.41, 5.74) is 4.11. The zero-order valence-electron chi connectivity index (χ0n) is 10.4. The van der Waals surface area contributed by atoms with Crippen LogP contribution in [0.5, 0.6) is 0 Å². The smallest absolute Gasteiger partial charge is 0.351 e. The zero-order chi connectivity index (χ0) is 15.8. The topological polar surface area (TPSA) is 90.4 Å². The van der Waals surface area contributed by atoms with Crippen molar-refractivity contribution in [3.8, 4) is 0 Å². The maximum absolute atomic E-state index is 13.8. The molecular formula is C11H11F4N3O3. The fourth-order valence-electron chi connectivity index (χ4n) is 1.94. The van der Waals surface area contributed by atoms with Crippen LogP contribution in [0.15, 0.2) is 17.3 Å². The SMILES string of the molecule is Nc1nc(=O)n(C2OC(CO)C(F)(F)C2F)cc1C=CF. The van der Waals surface area contributed by atoms with Crippen molar-refractivity contribution in [1.82, 2.24) is 9.55 Å². The summed E-state index contributed by atoms with van der Waals surface area (Å²) in [5.74, 6) is -4.32. The summed E-state index contributed by atoms with van der Waals surface area (Å²) in [6.07, 6.45) is -5.20. The lowest BCUT2D eigenvalue weighted by Gasteiger charge is -2.17. The number of nitrogen functional groups attached to an aromatic ring is 1. The minimum absolute atomic E-state index is 0.0930. The Morgan fingerprint density at radius 2 is 2.24 bits per heavy atom. The van der Waals surface area contributed by atoms with Crippen molar-refractivity contribution in [3.63, 3.8) is 0 Å². The minimum atomic E-state index is -3.98. The van der Waals surface area contributed by atoms with E-state index >= 15 is 0 Å². The lowest BCUT2D eigenvalue weighted by molar-refractivity contribution is -0.111. The first-order valence-corrected chi connectivity index (χ1v) is 5.76. The van der Waals surface area contributed by atoms with Gasteiger partial charge in [-0.05, 0) is 6.08 Å². The lowest BCUT2D eigenvalue weighted by Crippen LogP contribution is -2.39. The van der Waals surface area contributed by atoms with Gasteiger partial charge < -0.3 is 15.6 Å². The van der Waals surface area contributed by atoms with Crippen LogP contribution >= 0.6 is 0 Å². The van der Waals surface area contributed by atoms with Crippen molar-refractivity contribution >= 4 is 11.9 Å². The number of hydrogen-bond acceptors (Lipinski definition) is 5. The number of rotatable bonds is 3. The van der Waals surface area contributed by atoms with Crippen molar-refractivity contribution in [2.24, 2.45) is 0 Å². The molecule has 3 unspecified atom stereocenters. The molecule has 1 aliphatic heterocycles. The van der Waals surface area contributed by atoms with Gasteiger partial charge in [0.2, 0.25) is 6.17 Å². The molecule has 1 aromatic heterocycles. The number of aliphatic hydroxyl groups excluding tert-OH is 1. The van der Waals surface area contributed by atoms with Gasteiger partial charge in [0.15, 0.2) is 6.23 Å². The predicted octanol–water partition coefficient (Wildman–Crippen LogP) is 0.629. The van der Waals surface area contributed by atoms with E-state index in [0.717, 1.165) is 12.3 Å². The molecule has 2 rings (SSSR count). The van der Waals surface area contributed by atoms with Crippen LogP contribution in [0, 0.1) is 0 Å². The average Bonchev–Trinajstić information content (AvgIpc) is 2.64. The van der Waals surface area contributed by atoms with Crippen molar-refractivity contribution in [2.75, 3.05) is 12.3 Å². The Labute approximate surface area is 115 Å². The Morgan fingerprint density at radius 1 is 1.57 bits per heavy atom. The number of halogens is 4. The lowest BCUT2D eigenvalue weighted by atomic mass is 10.1. The number of aromatic nitrogens is 2. The molecule has 6 nitrogen and oxygen atoms in total. The van der Waals surface area contributed by atoms with Crippen LogP contribution < -0.4 is 11.4 Å². The van der Waals surface area contributed by atoms with E-state index in [1.165, 1.54) is 0 Å². The van der Waals surface area contributed by atoms with E-state index in [-0.39, 0.29) is 17.7 Å². The fourth-order valence-corrected chi connectivity index (χ4v) is 1.94. The number of ether oxygens (including phenoxy) is 1. The van der Waals surface area contributed by atoms with E-state index in [0.29, 0.717) is 4.57 Å². The minimum Gasteiger partial charge on any atom is -0.393 e. The van der Waals surface area contributed by atoms with Gasteiger partial charge in [0.25, 0.3) is 0 Å². The summed E-state index contributed by atoms with van der Waals surface area (Å²) in [4.78, 5) is 14.9. The van der Waals surface area contributed by atoms with Crippen molar-refractivity contribution in [1.29, 1.82) is 0 Å². The van der Waals surface area contributed by atoms with Crippen molar-refractivity contribution < 1.29 is 27.4 Å². The maximum atomic E-state index is 13.8. The van der Waals surface area contributed by atoms with Crippen molar-refractivity contribution in [3.05, 3.63) is 28.6 Å². The molecule has 1 fully saturated rings. The van der Waals surface area contributed by atoms with E-state index < -0.39 is 36.7 Å². The van der Waals surface area contributed by atoms with E-state index in [1.54, 1.807) is 0 Å². The molecule has 0 radical (unpaired) electrons. The molecule has 3 N–H and O–H groups in total. The molecule has 1 aliphatic rings. The summed E-state index contributed by atoms with van der Waals surface area (Å²) in [6, 6.07) is 0. The fraction of sp³-hybridized carbons (Fsp3) is 0.455. The second-order valence-electron chi connectivity index (χ2n) is 4.34. The number of hydrogen-bond donors (Lipinski definition) is 2. The van der Waals surface area contributed by atoms with Gasteiger partial charge in [0, 0.05) is 11.8 Å². The van der Waals surface area contributed by atoms with Crippen LogP contribution in [0.25, 0.3) is 6.08 Å². The van der Waals surface area contributed by atoms with Gasteiger partial charge in [-0.1, -0.05) is 0 Å². The van der Waals surface area contributed by atoms with Gasteiger partial charge in [-0.3, -0.25) is 4.57 Å². The highest BCUT2D eigenvalue weighted by Gasteiger charge is 2.60. The summed E-state index contributed by atoms with van der Waals surface area (Å²) >= 11 is 0. The Morgan fingerprint density at radius 3 is 2.76 bits per heavy atom. The van der Waals surface area contributed by atoms with E-state index in [9.17, 15) is 22.4 Å². The first-order valence-electron chi connectivity index (χ1n) is 5.76. The molecule has 0 amide bonds.